The van der Waals surface area contributed by atoms with Crippen molar-refractivity contribution in [2.45, 2.75) is 18.2 Å². The molecule has 1 aromatic rings. The number of hydrogen-bond donors (Lipinski definition) is 2. The lowest BCUT2D eigenvalue weighted by Gasteiger charge is -2.17. The molecule has 0 aliphatic rings. The Hall–Kier alpha value is -2.10. The fourth-order valence-electron chi connectivity index (χ4n) is 1.30. The number of aromatic nitrogens is 1. The average molecular weight is 374 g/mol. The quantitative estimate of drug-likeness (QED) is 0.454. The predicted octanol–water partition coefficient (Wildman–Crippen LogP) is 2.19. The van der Waals surface area contributed by atoms with E-state index >= 15 is 0 Å². The van der Waals surface area contributed by atoms with E-state index in [4.69, 9.17) is 21.5 Å². The minimum absolute atomic E-state index is 0.392. The zero-order chi connectivity index (χ0) is 18.8. The summed E-state index contributed by atoms with van der Waals surface area (Å²) in [6, 6.07) is 5.65. The molecule has 11 heteroatoms. The maximum Gasteiger partial charge on any atom is 0.490 e. The molecule has 0 radical (unpaired) electrons. The van der Waals surface area contributed by atoms with Gasteiger partial charge < -0.3 is 15.3 Å². The number of carboxylic acids is 1. The first kappa shape index (κ1) is 21.9. The van der Waals surface area contributed by atoms with E-state index in [1.807, 2.05) is 30.1 Å². The van der Waals surface area contributed by atoms with Crippen molar-refractivity contribution in [2.24, 2.45) is 0 Å². The number of halogens is 5. The SMILES string of the molecule is CN(CCCNC(=O)C(F)Cl)c1ccccn1.O=C(O)C(F)(F)F. The summed E-state index contributed by atoms with van der Waals surface area (Å²) < 4.78 is 44.0. The molecule has 1 heterocycles. The van der Waals surface area contributed by atoms with Gasteiger partial charge in [0, 0.05) is 26.3 Å². The van der Waals surface area contributed by atoms with Gasteiger partial charge in [-0.1, -0.05) is 17.7 Å². The van der Waals surface area contributed by atoms with Crippen LogP contribution in [-0.4, -0.2) is 53.9 Å². The number of pyridine rings is 1. The molecule has 1 unspecified atom stereocenters. The van der Waals surface area contributed by atoms with Gasteiger partial charge in [0.25, 0.3) is 11.5 Å². The number of aliphatic carboxylic acids is 1. The van der Waals surface area contributed by atoms with E-state index in [2.05, 4.69) is 10.3 Å². The summed E-state index contributed by atoms with van der Waals surface area (Å²) in [7, 11) is 1.91. The Morgan fingerprint density at radius 2 is 2.00 bits per heavy atom. The van der Waals surface area contributed by atoms with Crippen molar-refractivity contribution in [1.82, 2.24) is 10.3 Å². The molecular formula is C13H16ClF4N3O3. The normalized spacial score (nSPS) is 11.8. The summed E-state index contributed by atoms with van der Waals surface area (Å²) in [5.74, 6) is -2.68. The molecule has 6 nitrogen and oxygen atoms in total. The second-order valence-corrected chi connectivity index (χ2v) is 4.74. The number of carbonyl (C=O) groups is 2. The van der Waals surface area contributed by atoms with Gasteiger partial charge in [-0.3, -0.25) is 4.79 Å². The van der Waals surface area contributed by atoms with Crippen LogP contribution in [0.15, 0.2) is 24.4 Å². The lowest BCUT2D eigenvalue weighted by atomic mass is 10.3. The minimum atomic E-state index is -5.08. The highest BCUT2D eigenvalue weighted by Crippen LogP contribution is 2.13. The molecule has 1 atom stereocenters. The van der Waals surface area contributed by atoms with Gasteiger partial charge in [-0.25, -0.2) is 14.2 Å². The van der Waals surface area contributed by atoms with Crippen LogP contribution in [0.25, 0.3) is 0 Å². The van der Waals surface area contributed by atoms with Gasteiger partial charge in [-0.2, -0.15) is 13.2 Å². The van der Waals surface area contributed by atoms with Gasteiger partial charge in [0.05, 0.1) is 0 Å². The molecular weight excluding hydrogens is 358 g/mol. The molecule has 24 heavy (non-hydrogen) atoms. The van der Waals surface area contributed by atoms with Crippen LogP contribution >= 0.6 is 11.6 Å². The average Bonchev–Trinajstić information content (AvgIpc) is 2.51. The summed E-state index contributed by atoms with van der Waals surface area (Å²) in [6.45, 7) is 1.11. The Labute approximate surface area is 140 Å². The van der Waals surface area contributed by atoms with Crippen molar-refractivity contribution in [1.29, 1.82) is 0 Å². The van der Waals surface area contributed by atoms with Crippen molar-refractivity contribution in [2.75, 3.05) is 25.0 Å². The number of rotatable bonds is 6. The molecule has 2 N–H and O–H groups in total. The van der Waals surface area contributed by atoms with E-state index in [1.165, 1.54) is 0 Å². The molecule has 0 aromatic carbocycles. The summed E-state index contributed by atoms with van der Waals surface area (Å²) in [6.07, 6.45) is -2.67. The van der Waals surface area contributed by atoms with E-state index in [0.717, 1.165) is 12.4 Å². The molecule has 1 amide bonds. The Morgan fingerprint density at radius 3 is 2.42 bits per heavy atom. The van der Waals surface area contributed by atoms with Crippen LogP contribution in [0, 0.1) is 0 Å². The van der Waals surface area contributed by atoms with Crippen molar-refractivity contribution in [3.05, 3.63) is 24.4 Å². The van der Waals surface area contributed by atoms with Crippen molar-refractivity contribution >= 4 is 29.3 Å². The Balaban J connectivity index is 0.000000640. The number of alkyl halides is 5. The monoisotopic (exact) mass is 373 g/mol. The molecule has 0 aliphatic carbocycles. The fourth-order valence-corrected chi connectivity index (χ4v) is 1.38. The number of nitrogens with zero attached hydrogens (tertiary/aromatic N) is 2. The summed E-state index contributed by atoms with van der Waals surface area (Å²) >= 11 is 4.97. The fraction of sp³-hybridized carbons (Fsp3) is 0.462. The van der Waals surface area contributed by atoms with E-state index in [-0.39, 0.29) is 0 Å². The van der Waals surface area contributed by atoms with Crippen molar-refractivity contribution in [3.63, 3.8) is 0 Å². The number of carboxylic acid groups (broad SMARTS) is 1. The Bertz CT molecular complexity index is 515. The molecule has 1 rings (SSSR count). The van der Waals surface area contributed by atoms with Gasteiger partial charge in [-0.15, -0.1) is 0 Å². The molecule has 136 valence electrons. The maximum absolute atomic E-state index is 12.3. The van der Waals surface area contributed by atoms with Gasteiger partial charge in [0.2, 0.25) is 0 Å². The largest absolute Gasteiger partial charge is 0.490 e. The third kappa shape index (κ3) is 9.82. The van der Waals surface area contributed by atoms with Crippen LogP contribution in [0.1, 0.15) is 6.42 Å². The number of carbonyl (C=O) groups excluding carboxylic acids is 1. The molecule has 0 aliphatic heterocycles. The van der Waals surface area contributed by atoms with Crippen LogP contribution in [-0.2, 0) is 9.59 Å². The zero-order valence-corrected chi connectivity index (χ0v) is 13.3. The first-order valence-electron chi connectivity index (χ1n) is 6.53. The van der Waals surface area contributed by atoms with Crippen LogP contribution in [0.4, 0.5) is 23.4 Å². The van der Waals surface area contributed by atoms with Gasteiger partial charge in [0.1, 0.15) is 5.82 Å². The maximum atomic E-state index is 12.3. The topological polar surface area (TPSA) is 82.5 Å². The minimum Gasteiger partial charge on any atom is -0.475 e. The number of hydrogen-bond acceptors (Lipinski definition) is 4. The summed E-state index contributed by atoms with van der Waals surface area (Å²) in [4.78, 5) is 25.8. The second kappa shape index (κ2) is 10.6. The highest BCUT2D eigenvalue weighted by atomic mass is 35.5. The van der Waals surface area contributed by atoms with Crippen LogP contribution < -0.4 is 10.2 Å². The summed E-state index contributed by atoms with van der Waals surface area (Å²) in [5.41, 5.74) is -1.97. The third-order valence-electron chi connectivity index (χ3n) is 2.45. The smallest absolute Gasteiger partial charge is 0.475 e. The van der Waals surface area contributed by atoms with E-state index < -0.39 is 23.7 Å². The molecule has 0 spiro atoms. The number of amides is 1. The lowest BCUT2D eigenvalue weighted by Crippen LogP contribution is -2.32. The number of nitrogens with one attached hydrogen (secondary N) is 1. The Kier molecular flexibility index (Phi) is 9.70. The predicted molar refractivity (Wildman–Crippen MR) is 79.6 cm³/mol. The van der Waals surface area contributed by atoms with Crippen LogP contribution in [0.2, 0.25) is 0 Å². The molecule has 1 aromatic heterocycles. The molecule has 0 saturated carbocycles. The van der Waals surface area contributed by atoms with Crippen molar-refractivity contribution in [3.8, 4) is 0 Å². The number of anilines is 1. The second-order valence-electron chi connectivity index (χ2n) is 4.36. The highest BCUT2D eigenvalue weighted by Gasteiger charge is 2.38. The zero-order valence-electron chi connectivity index (χ0n) is 12.6. The first-order chi connectivity index (χ1) is 11.1. The van der Waals surface area contributed by atoms with Crippen LogP contribution in [0.5, 0.6) is 0 Å². The standard InChI is InChI=1S/C11H15ClFN3O.C2HF3O2/c1-16(9-5-2-3-6-14-9)8-4-7-15-11(17)10(12)13;3-2(4,5)1(6)7/h2-3,5-6,10H,4,7-8H2,1H3,(H,15,17);(H,6,7). The van der Waals surface area contributed by atoms with Crippen molar-refractivity contribution < 1.29 is 32.3 Å². The lowest BCUT2D eigenvalue weighted by molar-refractivity contribution is -0.192. The van der Waals surface area contributed by atoms with Gasteiger partial charge >= 0.3 is 12.1 Å². The van der Waals surface area contributed by atoms with E-state index in [9.17, 15) is 22.4 Å². The van der Waals surface area contributed by atoms with Gasteiger partial charge in [0.15, 0.2) is 0 Å². The van der Waals surface area contributed by atoms with Gasteiger partial charge in [-0.05, 0) is 18.6 Å². The molecule has 0 saturated heterocycles. The summed E-state index contributed by atoms with van der Waals surface area (Å²) in [5, 5.41) is 9.52. The highest BCUT2D eigenvalue weighted by molar-refractivity contribution is 6.29. The molecule has 0 fully saturated rings. The third-order valence-corrected chi connectivity index (χ3v) is 2.65. The first-order valence-corrected chi connectivity index (χ1v) is 6.97. The van der Waals surface area contributed by atoms with E-state index in [1.54, 1.807) is 6.20 Å². The molecule has 0 bridgehead atoms. The van der Waals surface area contributed by atoms with E-state index in [0.29, 0.717) is 13.0 Å². The van der Waals surface area contributed by atoms with Crippen LogP contribution in [0.3, 0.4) is 0 Å². The Morgan fingerprint density at radius 1 is 1.42 bits per heavy atom.